The summed E-state index contributed by atoms with van der Waals surface area (Å²) >= 11 is 0. The number of pyridine rings is 1. The van der Waals surface area contributed by atoms with Crippen molar-refractivity contribution in [1.29, 1.82) is 0 Å². The Balaban J connectivity index is 1.37. The van der Waals surface area contributed by atoms with E-state index in [1.54, 1.807) is 12.5 Å². The fourth-order valence-electron chi connectivity index (χ4n) is 6.03. The molecule has 0 unspecified atom stereocenters. The molecular formula is C33H38N8O2. The number of aromatic nitrogens is 5. The summed E-state index contributed by atoms with van der Waals surface area (Å²) in [6.07, 6.45) is 3.38. The van der Waals surface area contributed by atoms with E-state index in [1.807, 2.05) is 30.7 Å². The maximum atomic E-state index is 13.7. The Bertz CT molecular complexity index is 1880. The van der Waals surface area contributed by atoms with Crippen LogP contribution in [0.25, 0.3) is 32.9 Å². The highest BCUT2D eigenvalue weighted by Gasteiger charge is 2.21. The molecule has 2 aromatic carbocycles. The molecule has 10 nitrogen and oxygen atoms in total. The number of piperazine rings is 1. The zero-order chi connectivity index (χ0) is 30.2. The molecule has 6 rings (SSSR count). The molecule has 5 aromatic rings. The molecule has 222 valence electrons. The van der Waals surface area contributed by atoms with E-state index in [1.165, 1.54) is 0 Å². The quantitative estimate of drug-likeness (QED) is 0.290. The molecule has 0 spiro atoms. The Morgan fingerprint density at radius 2 is 1.79 bits per heavy atom. The fourth-order valence-corrected chi connectivity index (χ4v) is 6.03. The van der Waals surface area contributed by atoms with E-state index in [2.05, 4.69) is 80.2 Å². The third-order valence-electron chi connectivity index (χ3n) is 8.44. The van der Waals surface area contributed by atoms with E-state index in [-0.39, 0.29) is 24.1 Å². The van der Waals surface area contributed by atoms with Crippen LogP contribution in [0.4, 0.5) is 5.82 Å². The van der Waals surface area contributed by atoms with Crippen molar-refractivity contribution < 1.29 is 4.79 Å². The number of hydrogen-bond acceptors (Lipinski definition) is 7. The van der Waals surface area contributed by atoms with Gasteiger partial charge in [0, 0.05) is 60.8 Å². The standard InChI is InChI=1S/C33H38N8O2/c1-6-39-9-11-40(12-10-39)31-25-8-7-23(15-29(25)35-19-36-31)24-14-26(28-18-37-41(20(2)3)30(28)16-24)32(42)34-17-27-21(4)13-22(5)38-33(27)43/h7-8,13-16,18-20H,6,9-12,17H2,1-5H3,(H,34,42)(H,38,43). The Morgan fingerprint density at radius 3 is 2.51 bits per heavy atom. The first-order valence-electron chi connectivity index (χ1n) is 14.9. The first-order chi connectivity index (χ1) is 20.7. The van der Waals surface area contributed by atoms with Crippen LogP contribution in [-0.2, 0) is 6.54 Å². The minimum absolute atomic E-state index is 0.109. The van der Waals surface area contributed by atoms with Gasteiger partial charge in [0.2, 0.25) is 0 Å². The molecule has 43 heavy (non-hydrogen) atoms. The van der Waals surface area contributed by atoms with Crippen molar-refractivity contribution in [3.63, 3.8) is 0 Å². The lowest BCUT2D eigenvalue weighted by Gasteiger charge is -2.35. The summed E-state index contributed by atoms with van der Waals surface area (Å²) in [6.45, 7) is 15.2. The van der Waals surface area contributed by atoms with Gasteiger partial charge < -0.3 is 20.1 Å². The molecule has 0 atom stereocenters. The topological polar surface area (TPSA) is 112 Å². The molecule has 0 aliphatic carbocycles. The minimum atomic E-state index is -0.258. The second-order valence-electron chi connectivity index (χ2n) is 11.6. The maximum absolute atomic E-state index is 13.7. The number of H-pyrrole nitrogens is 1. The van der Waals surface area contributed by atoms with Gasteiger partial charge >= 0.3 is 0 Å². The highest BCUT2D eigenvalue weighted by atomic mass is 16.1. The molecule has 3 aromatic heterocycles. The van der Waals surface area contributed by atoms with Gasteiger partial charge in [-0.15, -0.1) is 0 Å². The van der Waals surface area contributed by atoms with E-state index in [0.29, 0.717) is 11.1 Å². The highest BCUT2D eigenvalue weighted by Crippen LogP contribution is 2.32. The number of benzene rings is 2. The number of likely N-dealkylation sites (N-methyl/N-ethyl adjacent to an activating group) is 1. The number of aryl methyl sites for hydroxylation is 2. The van der Waals surface area contributed by atoms with Crippen molar-refractivity contribution >= 4 is 33.5 Å². The van der Waals surface area contributed by atoms with E-state index >= 15 is 0 Å². The van der Waals surface area contributed by atoms with Crippen molar-refractivity contribution in [2.24, 2.45) is 0 Å². The predicted molar refractivity (Wildman–Crippen MR) is 171 cm³/mol. The number of carbonyl (C=O) groups excluding carboxylic acids is 1. The zero-order valence-electron chi connectivity index (χ0n) is 25.4. The van der Waals surface area contributed by atoms with Crippen LogP contribution in [-0.4, -0.2) is 68.3 Å². The Hall–Kier alpha value is -4.57. The first-order valence-corrected chi connectivity index (χ1v) is 14.9. The molecule has 2 N–H and O–H groups in total. The summed E-state index contributed by atoms with van der Waals surface area (Å²) in [7, 11) is 0. The summed E-state index contributed by atoms with van der Waals surface area (Å²) in [5.41, 5.74) is 6.08. The fraction of sp³-hybridized carbons (Fsp3) is 0.364. The maximum Gasteiger partial charge on any atom is 0.253 e. The van der Waals surface area contributed by atoms with Gasteiger partial charge in [-0.25, -0.2) is 9.97 Å². The van der Waals surface area contributed by atoms with Crippen LogP contribution in [0.3, 0.4) is 0 Å². The third-order valence-corrected chi connectivity index (χ3v) is 8.44. The Morgan fingerprint density at radius 1 is 1.00 bits per heavy atom. The number of nitrogens with zero attached hydrogens (tertiary/aromatic N) is 6. The van der Waals surface area contributed by atoms with Crippen molar-refractivity contribution in [1.82, 2.24) is 34.9 Å². The second kappa shape index (κ2) is 11.6. The van der Waals surface area contributed by atoms with Gasteiger partial charge in [-0.3, -0.25) is 14.3 Å². The van der Waals surface area contributed by atoms with Crippen LogP contribution in [0.15, 0.2) is 53.7 Å². The lowest BCUT2D eigenvalue weighted by atomic mass is 9.98. The molecule has 1 saturated heterocycles. The number of anilines is 1. The van der Waals surface area contributed by atoms with Gasteiger partial charge in [0.05, 0.1) is 22.8 Å². The van der Waals surface area contributed by atoms with Crippen molar-refractivity contribution in [3.05, 3.63) is 81.7 Å². The van der Waals surface area contributed by atoms with Crippen LogP contribution in [0.5, 0.6) is 0 Å². The SMILES string of the molecule is CCN1CCN(c2ncnc3cc(-c4cc(C(=O)NCc5c(C)cc(C)[nH]c5=O)c5cnn(C(C)C)c5c4)ccc23)CC1. The van der Waals surface area contributed by atoms with Crippen LogP contribution in [0, 0.1) is 13.8 Å². The average Bonchev–Trinajstić information content (AvgIpc) is 3.44. The van der Waals surface area contributed by atoms with Gasteiger partial charge in [-0.05, 0) is 81.3 Å². The summed E-state index contributed by atoms with van der Waals surface area (Å²) in [5.74, 6) is 0.702. The van der Waals surface area contributed by atoms with Crippen molar-refractivity contribution in [2.45, 2.75) is 47.2 Å². The lowest BCUT2D eigenvalue weighted by molar-refractivity contribution is 0.0952. The van der Waals surface area contributed by atoms with Gasteiger partial charge in [0.25, 0.3) is 11.5 Å². The number of nitrogens with one attached hydrogen (secondary N) is 2. The van der Waals surface area contributed by atoms with Crippen LogP contribution < -0.4 is 15.8 Å². The third kappa shape index (κ3) is 5.50. The lowest BCUT2D eigenvalue weighted by Crippen LogP contribution is -2.46. The molecule has 0 radical (unpaired) electrons. The normalized spacial score (nSPS) is 14.2. The molecule has 4 heterocycles. The van der Waals surface area contributed by atoms with Gasteiger partial charge in [-0.2, -0.15) is 5.10 Å². The van der Waals surface area contributed by atoms with Gasteiger partial charge in [0.15, 0.2) is 0 Å². The monoisotopic (exact) mass is 578 g/mol. The highest BCUT2D eigenvalue weighted by molar-refractivity contribution is 6.08. The zero-order valence-corrected chi connectivity index (χ0v) is 25.4. The molecule has 0 bridgehead atoms. The molecule has 1 aliphatic rings. The number of hydrogen-bond donors (Lipinski definition) is 2. The summed E-state index contributed by atoms with van der Waals surface area (Å²) in [6, 6.07) is 12.2. The number of amides is 1. The molecule has 1 aliphatic heterocycles. The van der Waals surface area contributed by atoms with Crippen molar-refractivity contribution in [2.75, 3.05) is 37.6 Å². The van der Waals surface area contributed by atoms with Crippen LogP contribution in [0.1, 0.15) is 54.0 Å². The Kier molecular flexibility index (Phi) is 7.70. The molecule has 0 saturated carbocycles. The Labute approximate surface area is 250 Å². The first kappa shape index (κ1) is 28.5. The summed E-state index contributed by atoms with van der Waals surface area (Å²) < 4.78 is 1.93. The summed E-state index contributed by atoms with van der Waals surface area (Å²) in [4.78, 5) is 43.1. The molecular weight excluding hydrogens is 540 g/mol. The predicted octanol–water partition coefficient (Wildman–Crippen LogP) is 4.60. The van der Waals surface area contributed by atoms with E-state index in [4.69, 9.17) is 0 Å². The molecule has 1 fully saturated rings. The van der Waals surface area contributed by atoms with Crippen LogP contribution >= 0.6 is 0 Å². The van der Waals surface area contributed by atoms with E-state index in [9.17, 15) is 9.59 Å². The average molecular weight is 579 g/mol. The molecule has 10 heteroatoms. The van der Waals surface area contributed by atoms with Gasteiger partial charge in [0.1, 0.15) is 12.1 Å². The largest absolute Gasteiger partial charge is 0.353 e. The summed E-state index contributed by atoms with van der Waals surface area (Å²) in [5, 5.41) is 9.37. The number of carbonyl (C=O) groups is 1. The van der Waals surface area contributed by atoms with Gasteiger partial charge in [-0.1, -0.05) is 13.0 Å². The van der Waals surface area contributed by atoms with Crippen molar-refractivity contribution in [3.8, 4) is 11.1 Å². The number of rotatable bonds is 7. The van der Waals surface area contributed by atoms with E-state index < -0.39 is 0 Å². The minimum Gasteiger partial charge on any atom is -0.353 e. The number of fused-ring (bicyclic) bond motifs is 2. The smallest absolute Gasteiger partial charge is 0.253 e. The molecule has 1 amide bonds. The second-order valence-corrected chi connectivity index (χ2v) is 11.6. The number of aromatic amines is 1. The van der Waals surface area contributed by atoms with Crippen LogP contribution in [0.2, 0.25) is 0 Å². The van der Waals surface area contributed by atoms with E-state index in [0.717, 1.165) is 82.7 Å².